The minimum atomic E-state index is -0.283. The van der Waals surface area contributed by atoms with Crippen LogP contribution in [-0.2, 0) is 5.41 Å². The van der Waals surface area contributed by atoms with Crippen molar-refractivity contribution in [3.8, 4) is 5.75 Å². The lowest BCUT2D eigenvalue weighted by molar-refractivity contribution is 0.230. The van der Waals surface area contributed by atoms with Crippen LogP contribution in [0.4, 0.5) is 4.39 Å². The van der Waals surface area contributed by atoms with Crippen molar-refractivity contribution in [2.24, 2.45) is 0 Å². The van der Waals surface area contributed by atoms with Crippen LogP contribution in [0.5, 0.6) is 5.75 Å². The summed E-state index contributed by atoms with van der Waals surface area (Å²) in [7, 11) is 0. The van der Waals surface area contributed by atoms with Crippen LogP contribution < -0.4 is 4.74 Å². The molecular weight excluding hydrogens is 215 g/mol. The van der Waals surface area contributed by atoms with Crippen molar-refractivity contribution in [1.82, 2.24) is 0 Å². The lowest BCUT2D eigenvalue weighted by Crippen LogP contribution is -2.17. The average molecular weight is 238 g/mol. The molecule has 0 spiro atoms. The standard InChI is InChI=1S/C15H23FO/c1-6-9-15(4,5)12-7-8-13(16)14(10-12)17-11(2)3/h7-8,10-11H,6,9H2,1-5H3. The Labute approximate surface area is 104 Å². The zero-order valence-electron chi connectivity index (χ0n) is 11.5. The summed E-state index contributed by atoms with van der Waals surface area (Å²) in [6.45, 7) is 10.3. The molecule has 0 heterocycles. The predicted molar refractivity (Wildman–Crippen MR) is 70.1 cm³/mol. The van der Waals surface area contributed by atoms with Crippen molar-refractivity contribution in [2.75, 3.05) is 0 Å². The summed E-state index contributed by atoms with van der Waals surface area (Å²) in [4.78, 5) is 0. The van der Waals surface area contributed by atoms with Gasteiger partial charge < -0.3 is 4.74 Å². The lowest BCUT2D eigenvalue weighted by Gasteiger charge is -2.25. The summed E-state index contributed by atoms with van der Waals surface area (Å²) in [5.41, 5.74) is 1.20. The highest BCUT2D eigenvalue weighted by molar-refractivity contribution is 5.34. The van der Waals surface area contributed by atoms with Crippen molar-refractivity contribution in [3.05, 3.63) is 29.6 Å². The highest BCUT2D eigenvalue weighted by Crippen LogP contribution is 2.32. The van der Waals surface area contributed by atoms with Crippen molar-refractivity contribution >= 4 is 0 Å². The van der Waals surface area contributed by atoms with E-state index >= 15 is 0 Å². The van der Waals surface area contributed by atoms with Crippen LogP contribution in [0.15, 0.2) is 18.2 Å². The van der Waals surface area contributed by atoms with Gasteiger partial charge in [0.2, 0.25) is 0 Å². The summed E-state index contributed by atoms with van der Waals surface area (Å²) < 4.78 is 19.1. The smallest absolute Gasteiger partial charge is 0.165 e. The Balaban J connectivity index is 3.03. The fourth-order valence-electron chi connectivity index (χ4n) is 2.04. The Morgan fingerprint density at radius 1 is 1.29 bits per heavy atom. The molecule has 0 aromatic heterocycles. The average Bonchev–Trinajstić information content (AvgIpc) is 2.20. The molecule has 1 rings (SSSR count). The second-order valence-corrected chi connectivity index (χ2v) is 5.45. The number of hydrogen-bond donors (Lipinski definition) is 0. The second kappa shape index (κ2) is 5.52. The molecule has 0 fully saturated rings. The van der Waals surface area contributed by atoms with Crippen LogP contribution in [0.3, 0.4) is 0 Å². The molecule has 96 valence electrons. The van der Waals surface area contributed by atoms with Crippen LogP contribution in [0.1, 0.15) is 53.0 Å². The second-order valence-electron chi connectivity index (χ2n) is 5.45. The highest BCUT2D eigenvalue weighted by atomic mass is 19.1. The SMILES string of the molecule is CCCC(C)(C)c1ccc(F)c(OC(C)C)c1. The predicted octanol–water partition coefficient (Wildman–Crippen LogP) is 4.69. The molecule has 0 saturated carbocycles. The van der Waals surface area contributed by atoms with E-state index in [9.17, 15) is 4.39 Å². The molecule has 0 unspecified atom stereocenters. The maximum atomic E-state index is 13.6. The summed E-state index contributed by atoms with van der Waals surface area (Å²) in [6.07, 6.45) is 2.19. The zero-order chi connectivity index (χ0) is 13.1. The van der Waals surface area contributed by atoms with E-state index < -0.39 is 0 Å². The van der Waals surface area contributed by atoms with Gasteiger partial charge in [-0.1, -0.05) is 33.3 Å². The third kappa shape index (κ3) is 3.72. The molecule has 0 saturated heterocycles. The molecular formula is C15H23FO. The van der Waals surface area contributed by atoms with Crippen LogP contribution in [-0.4, -0.2) is 6.10 Å². The van der Waals surface area contributed by atoms with E-state index in [0.717, 1.165) is 18.4 Å². The fraction of sp³-hybridized carbons (Fsp3) is 0.600. The normalized spacial score (nSPS) is 11.9. The van der Waals surface area contributed by atoms with Crippen LogP contribution in [0.25, 0.3) is 0 Å². The molecule has 0 amide bonds. The first kappa shape index (κ1) is 14.0. The Morgan fingerprint density at radius 3 is 2.47 bits per heavy atom. The molecule has 0 aliphatic rings. The highest BCUT2D eigenvalue weighted by Gasteiger charge is 2.21. The Kier molecular flexibility index (Phi) is 4.55. The molecule has 1 aromatic carbocycles. The number of hydrogen-bond acceptors (Lipinski definition) is 1. The summed E-state index contributed by atoms with van der Waals surface area (Å²) in [5, 5.41) is 0. The van der Waals surface area contributed by atoms with E-state index in [-0.39, 0.29) is 17.3 Å². The molecule has 0 bridgehead atoms. The summed E-state index contributed by atoms with van der Waals surface area (Å²) >= 11 is 0. The van der Waals surface area contributed by atoms with Crippen LogP contribution in [0.2, 0.25) is 0 Å². The first-order chi connectivity index (χ1) is 7.86. The summed E-state index contributed by atoms with van der Waals surface area (Å²) in [5.74, 6) is 0.0800. The van der Waals surface area contributed by atoms with Gasteiger partial charge in [-0.3, -0.25) is 0 Å². The van der Waals surface area contributed by atoms with E-state index in [4.69, 9.17) is 4.74 Å². The van der Waals surface area contributed by atoms with E-state index in [0.29, 0.717) is 5.75 Å². The van der Waals surface area contributed by atoms with Gasteiger partial charge in [0, 0.05) is 0 Å². The van der Waals surface area contributed by atoms with E-state index in [1.165, 1.54) is 6.07 Å². The molecule has 1 nitrogen and oxygen atoms in total. The fourth-order valence-corrected chi connectivity index (χ4v) is 2.04. The minimum absolute atomic E-state index is 0.00552. The van der Waals surface area contributed by atoms with Gasteiger partial charge in [0.1, 0.15) is 0 Å². The first-order valence-electron chi connectivity index (χ1n) is 6.33. The maximum absolute atomic E-state index is 13.6. The van der Waals surface area contributed by atoms with Gasteiger partial charge in [0.25, 0.3) is 0 Å². The lowest BCUT2D eigenvalue weighted by atomic mass is 9.81. The molecule has 0 aliphatic heterocycles. The molecule has 0 radical (unpaired) electrons. The number of benzene rings is 1. The van der Waals surface area contributed by atoms with E-state index in [1.54, 1.807) is 0 Å². The molecule has 2 heteroatoms. The Bertz CT molecular complexity index is 369. The maximum Gasteiger partial charge on any atom is 0.165 e. The minimum Gasteiger partial charge on any atom is -0.488 e. The largest absolute Gasteiger partial charge is 0.488 e. The molecule has 0 atom stereocenters. The number of halogens is 1. The Hall–Kier alpha value is -1.05. The number of ether oxygens (including phenoxy) is 1. The molecule has 1 aromatic rings. The van der Waals surface area contributed by atoms with E-state index in [2.05, 4.69) is 20.8 Å². The van der Waals surface area contributed by atoms with Gasteiger partial charge >= 0.3 is 0 Å². The van der Waals surface area contributed by atoms with Crippen molar-refractivity contribution in [2.45, 2.75) is 59.0 Å². The third-order valence-corrected chi connectivity index (χ3v) is 2.95. The van der Waals surface area contributed by atoms with Crippen molar-refractivity contribution < 1.29 is 9.13 Å². The monoisotopic (exact) mass is 238 g/mol. The quantitative estimate of drug-likeness (QED) is 0.723. The van der Waals surface area contributed by atoms with E-state index in [1.807, 2.05) is 26.0 Å². The van der Waals surface area contributed by atoms with Crippen LogP contribution >= 0.6 is 0 Å². The van der Waals surface area contributed by atoms with Gasteiger partial charge in [-0.2, -0.15) is 0 Å². The van der Waals surface area contributed by atoms with Gasteiger partial charge in [-0.25, -0.2) is 4.39 Å². The molecule has 0 aliphatic carbocycles. The van der Waals surface area contributed by atoms with Gasteiger partial charge in [0.05, 0.1) is 6.10 Å². The first-order valence-corrected chi connectivity index (χ1v) is 6.33. The van der Waals surface area contributed by atoms with Gasteiger partial charge in [-0.15, -0.1) is 0 Å². The summed E-state index contributed by atoms with van der Waals surface area (Å²) in [6, 6.07) is 5.20. The van der Waals surface area contributed by atoms with Crippen molar-refractivity contribution in [3.63, 3.8) is 0 Å². The number of rotatable bonds is 5. The van der Waals surface area contributed by atoms with Crippen LogP contribution in [0, 0.1) is 5.82 Å². The Morgan fingerprint density at radius 2 is 1.94 bits per heavy atom. The van der Waals surface area contributed by atoms with Gasteiger partial charge in [0.15, 0.2) is 11.6 Å². The van der Waals surface area contributed by atoms with Crippen molar-refractivity contribution in [1.29, 1.82) is 0 Å². The van der Waals surface area contributed by atoms with Gasteiger partial charge in [-0.05, 0) is 43.4 Å². The topological polar surface area (TPSA) is 9.23 Å². The molecule has 17 heavy (non-hydrogen) atoms. The molecule has 0 N–H and O–H groups in total. The third-order valence-electron chi connectivity index (χ3n) is 2.95. The zero-order valence-corrected chi connectivity index (χ0v) is 11.5.